The van der Waals surface area contributed by atoms with Crippen molar-refractivity contribution in [3.05, 3.63) is 46.5 Å². The van der Waals surface area contributed by atoms with Gasteiger partial charge in [0.25, 0.3) is 0 Å². The zero-order valence-corrected chi connectivity index (χ0v) is 20.5. The Hall–Kier alpha value is -2.98. The number of carbonyl (C=O) groups is 2. The second-order valence-corrected chi connectivity index (χ2v) is 9.63. The van der Waals surface area contributed by atoms with Crippen LogP contribution in [0.4, 0.5) is 5.13 Å². The van der Waals surface area contributed by atoms with Crippen molar-refractivity contribution in [1.82, 2.24) is 19.6 Å². The first-order valence-corrected chi connectivity index (χ1v) is 12.5. The van der Waals surface area contributed by atoms with Gasteiger partial charge in [-0.1, -0.05) is 36.9 Å². The summed E-state index contributed by atoms with van der Waals surface area (Å²) in [4.78, 5) is 29.0. The number of aromatic nitrogens is 4. The fourth-order valence-electron chi connectivity index (χ4n) is 3.65. The van der Waals surface area contributed by atoms with Gasteiger partial charge in [-0.25, -0.2) is 4.98 Å². The fraction of sp³-hybridized carbons (Fsp3) is 0.348. The summed E-state index contributed by atoms with van der Waals surface area (Å²) in [7, 11) is 0. The Bertz CT molecular complexity index is 1330. The van der Waals surface area contributed by atoms with E-state index >= 15 is 0 Å². The lowest BCUT2D eigenvalue weighted by Crippen LogP contribution is -2.25. The summed E-state index contributed by atoms with van der Waals surface area (Å²) in [5.41, 5.74) is 4.65. The molecule has 0 aliphatic heterocycles. The first-order chi connectivity index (χ1) is 15.9. The predicted molar refractivity (Wildman–Crippen MR) is 131 cm³/mol. The van der Waals surface area contributed by atoms with Crippen molar-refractivity contribution < 1.29 is 14.3 Å². The summed E-state index contributed by atoms with van der Waals surface area (Å²) in [6, 6.07) is 8.21. The number of esters is 1. The molecule has 0 aliphatic carbocycles. The van der Waals surface area contributed by atoms with E-state index in [0.29, 0.717) is 29.0 Å². The van der Waals surface area contributed by atoms with E-state index in [1.807, 2.05) is 23.5 Å². The van der Waals surface area contributed by atoms with Crippen LogP contribution in [0.5, 0.6) is 0 Å². The van der Waals surface area contributed by atoms with Gasteiger partial charge in [0, 0.05) is 10.8 Å². The van der Waals surface area contributed by atoms with Gasteiger partial charge in [-0.05, 0) is 44.4 Å². The molecule has 3 heterocycles. The van der Waals surface area contributed by atoms with E-state index in [4.69, 9.17) is 4.74 Å². The highest BCUT2D eigenvalue weighted by Gasteiger charge is 2.23. The first-order valence-electron chi connectivity index (χ1n) is 10.7. The zero-order valence-electron chi connectivity index (χ0n) is 18.9. The molecule has 0 bridgehead atoms. The van der Waals surface area contributed by atoms with Crippen molar-refractivity contribution in [2.75, 3.05) is 11.9 Å². The molecule has 4 rings (SSSR count). The molecule has 10 heteroatoms. The largest absolute Gasteiger partial charge is 0.466 e. The Morgan fingerprint density at radius 3 is 2.79 bits per heavy atom. The maximum absolute atomic E-state index is 13.0. The van der Waals surface area contributed by atoms with Gasteiger partial charge in [-0.3, -0.25) is 14.0 Å². The first kappa shape index (κ1) is 23.2. The predicted octanol–water partition coefficient (Wildman–Crippen LogP) is 4.57. The number of benzene rings is 1. The van der Waals surface area contributed by atoms with E-state index in [1.54, 1.807) is 12.3 Å². The number of anilines is 1. The van der Waals surface area contributed by atoms with E-state index in [2.05, 4.69) is 46.5 Å². The van der Waals surface area contributed by atoms with Crippen LogP contribution in [0.2, 0.25) is 0 Å². The number of nitrogens with one attached hydrogen (secondary N) is 1. The molecule has 4 aromatic rings. The third-order valence-corrected chi connectivity index (χ3v) is 7.33. The fourth-order valence-corrected chi connectivity index (χ4v) is 5.33. The minimum atomic E-state index is -0.379. The van der Waals surface area contributed by atoms with Crippen molar-refractivity contribution in [3.8, 4) is 0 Å². The lowest BCUT2D eigenvalue weighted by molar-refractivity contribution is -0.142. The third kappa shape index (κ3) is 4.86. The smallest absolute Gasteiger partial charge is 0.311 e. The Balaban J connectivity index is 1.55. The van der Waals surface area contributed by atoms with Crippen LogP contribution < -0.4 is 5.32 Å². The maximum Gasteiger partial charge on any atom is 0.311 e. The molecule has 1 unspecified atom stereocenters. The molecule has 33 heavy (non-hydrogen) atoms. The number of hydrogen-bond donors (Lipinski definition) is 1. The molecule has 0 saturated heterocycles. The third-order valence-electron chi connectivity index (χ3n) is 5.21. The monoisotopic (exact) mass is 483 g/mol. The minimum Gasteiger partial charge on any atom is -0.466 e. The maximum atomic E-state index is 13.0. The molecule has 0 saturated carbocycles. The van der Waals surface area contributed by atoms with Crippen LogP contribution in [0, 0.1) is 13.8 Å². The van der Waals surface area contributed by atoms with E-state index in [1.165, 1.54) is 23.1 Å². The van der Waals surface area contributed by atoms with Crippen LogP contribution >= 0.6 is 23.1 Å². The summed E-state index contributed by atoms with van der Waals surface area (Å²) >= 11 is 2.67. The van der Waals surface area contributed by atoms with Crippen LogP contribution in [0.3, 0.4) is 0 Å². The molecule has 0 fully saturated rings. The molecular weight excluding hydrogens is 458 g/mol. The highest BCUT2D eigenvalue weighted by Crippen LogP contribution is 2.31. The van der Waals surface area contributed by atoms with Gasteiger partial charge >= 0.3 is 5.97 Å². The van der Waals surface area contributed by atoms with Gasteiger partial charge in [0.05, 0.1) is 29.5 Å². The van der Waals surface area contributed by atoms with Gasteiger partial charge in [0.15, 0.2) is 15.9 Å². The van der Waals surface area contributed by atoms with Crippen molar-refractivity contribution in [2.45, 2.75) is 50.9 Å². The molecule has 1 aromatic carbocycles. The van der Waals surface area contributed by atoms with Crippen LogP contribution in [-0.4, -0.2) is 43.3 Å². The number of rotatable bonds is 8. The molecule has 1 amide bonds. The van der Waals surface area contributed by atoms with Crippen LogP contribution in [0.15, 0.2) is 34.8 Å². The number of thiazole rings is 1. The number of aryl methyl sites for hydroxylation is 2. The van der Waals surface area contributed by atoms with Gasteiger partial charge in [-0.2, -0.15) is 0 Å². The second kappa shape index (κ2) is 9.88. The number of pyridine rings is 1. The minimum absolute atomic E-state index is 0.0870. The number of amides is 1. The molecule has 3 aromatic heterocycles. The SMILES string of the molecule is CCOC(=O)Cc1csc(NC(=O)C(CC)Sc2nnc3cc(C)c4cccc(C)c4n23)n1. The Labute approximate surface area is 199 Å². The average molecular weight is 484 g/mol. The summed E-state index contributed by atoms with van der Waals surface area (Å²) in [6.45, 7) is 8.18. The Morgan fingerprint density at radius 1 is 1.21 bits per heavy atom. The van der Waals surface area contributed by atoms with Gasteiger partial charge in [0.1, 0.15) is 0 Å². The summed E-state index contributed by atoms with van der Waals surface area (Å²) in [5, 5.41) is 15.3. The molecule has 0 aliphatic rings. The molecule has 1 N–H and O–H groups in total. The summed E-state index contributed by atoms with van der Waals surface area (Å²) in [6.07, 6.45) is 0.693. The number of nitrogens with zero attached hydrogens (tertiary/aromatic N) is 4. The second-order valence-electron chi connectivity index (χ2n) is 7.60. The number of carbonyl (C=O) groups excluding carboxylic acids is 2. The molecular formula is C23H25N5O3S2. The number of para-hydroxylation sites is 1. The van der Waals surface area contributed by atoms with Crippen LogP contribution in [-0.2, 0) is 20.7 Å². The zero-order chi connectivity index (χ0) is 23.5. The number of thioether (sulfide) groups is 1. The quantitative estimate of drug-likeness (QED) is 0.289. The van der Waals surface area contributed by atoms with Crippen molar-refractivity contribution >= 4 is 56.7 Å². The normalized spacial score (nSPS) is 12.2. The standard InChI is InChI=1S/C23H25N5O3S2/c1-5-17(21(30)25-22-24-15(12-32-22)11-19(29)31-6-2)33-23-27-26-18-10-14(4)16-9-7-8-13(3)20(16)28(18)23/h7-10,12,17H,5-6,11H2,1-4H3,(H,24,25,30). The average Bonchev–Trinajstić information content (AvgIpc) is 3.38. The van der Waals surface area contributed by atoms with E-state index in [0.717, 1.165) is 27.7 Å². The molecule has 1 atom stereocenters. The van der Waals surface area contributed by atoms with Crippen LogP contribution in [0.25, 0.3) is 16.6 Å². The number of hydrogen-bond acceptors (Lipinski definition) is 8. The number of ether oxygens (including phenoxy) is 1. The van der Waals surface area contributed by atoms with Crippen LogP contribution in [0.1, 0.15) is 37.1 Å². The Kier molecular flexibility index (Phi) is 6.94. The van der Waals surface area contributed by atoms with Crippen molar-refractivity contribution in [1.29, 1.82) is 0 Å². The number of fused-ring (bicyclic) bond motifs is 3. The molecule has 0 spiro atoms. The molecule has 8 nitrogen and oxygen atoms in total. The Morgan fingerprint density at radius 2 is 2.03 bits per heavy atom. The van der Waals surface area contributed by atoms with Crippen molar-refractivity contribution in [3.63, 3.8) is 0 Å². The van der Waals surface area contributed by atoms with E-state index < -0.39 is 0 Å². The topological polar surface area (TPSA) is 98.5 Å². The summed E-state index contributed by atoms with van der Waals surface area (Å²) in [5.74, 6) is -0.497. The molecule has 172 valence electrons. The van der Waals surface area contributed by atoms with Gasteiger partial charge in [0.2, 0.25) is 5.91 Å². The summed E-state index contributed by atoms with van der Waals surface area (Å²) < 4.78 is 6.98. The molecule has 0 radical (unpaired) electrons. The lowest BCUT2D eigenvalue weighted by Gasteiger charge is -2.14. The highest BCUT2D eigenvalue weighted by molar-refractivity contribution is 8.00. The van der Waals surface area contributed by atoms with E-state index in [9.17, 15) is 9.59 Å². The van der Waals surface area contributed by atoms with Crippen molar-refractivity contribution in [2.24, 2.45) is 0 Å². The van der Waals surface area contributed by atoms with E-state index in [-0.39, 0.29) is 23.5 Å². The van der Waals surface area contributed by atoms with Gasteiger partial charge < -0.3 is 10.1 Å². The highest BCUT2D eigenvalue weighted by atomic mass is 32.2. The lowest BCUT2D eigenvalue weighted by atomic mass is 10.1. The van der Waals surface area contributed by atoms with Gasteiger partial charge in [-0.15, -0.1) is 21.5 Å².